The van der Waals surface area contributed by atoms with Crippen LogP contribution in [0.15, 0.2) is 34.6 Å². The Bertz CT molecular complexity index is 410. The van der Waals surface area contributed by atoms with E-state index in [1.165, 1.54) is 0 Å². The monoisotopic (exact) mass is 190 g/mol. The van der Waals surface area contributed by atoms with Crippen LogP contribution in [-0.2, 0) is 6.42 Å². The molecule has 2 N–H and O–H groups in total. The van der Waals surface area contributed by atoms with Crippen LogP contribution in [0.5, 0.6) is 0 Å². The highest BCUT2D eigenvalue weighted by atomic mass is 16.4. The predicted octanol–water partition coefficient (Wildman–Crippen LogP) is 1.64. The van der Waals surface area contributed by atoms with Crippen LogP contribution < -0.4 is 0 Å². The Morgan fingerprint density at radius 1 is 1.00 bits per heavy atom. The van der Waals surface area contributed by atoms with Crippen molar-refractivity contribution in [3.8, 4) is 0 Å². The number of oxime groups is 2. The topological polar surface area (TPSA) is 65.2 Å². The molecule has 1 aliphatic carbocycles. The molecule has 4 heteroatoms. The third-order valence-corrected chi connectivity index (χ3v) is 2.40. The van der Waals surface area contributed by atoms with Gasteiger partial charge >= 0.3 is 0 Å². The summed E-state index contributed by atoms with van der Waals surface area (Å²) in [5.74, 6) is 0. The molecule has 72 valence electrons. The number of rotatable bonds is 0. The van der Waals surface area contributed by atoms with Gasteiger partial charge in [0.05, 0.1) is 0 Å². The second-order valence-corrected chi connectivity index (χ2v) is 3.15. The highest BCUT2D eigenvalue weighted by Crippen LogP contribution is 2.19. The number of fused-ring (bicyclic) bond motifs is 1. The largest absolute Gasteiger partial charge is 0.411 e. The molecule has 0 saturated heterocycles. The van der Waals surface area contributed by atoms with Crippen molar-refractivity contribution in [2.45, 2.75) is 12.8 Å². The van der Waals surface area contributed by atoms with Gasteiger partial charge in [0.25, 0.3) is 0 Å². The van der Waals surface area contributed by atoms with Gasteiger partial charge in [0.1, 0.15) is 11.4 Å². The van der Waals surface area contributed by atoms with Crippen molar-refractivity contribution in [2.24, 2.45) is 10.3 Å². The number of nitrogens with zero attached hydrogens (tertiary/aromatic N) is 2. The van der Waals surface area contributed by atoms with Crippen LogP contribution in [-0.4, -0.2) is 21.8 Å². The van der Waals surface area contributed by atoms with Crippen LogP contribution in [0, 0.1) is 0 Å². The highest BCUT2D eigenvalue weighted by molar-refractivity contribution is 6.49. The normalized spacial score (nSPS) is 21.1. The fourth-order valence-corrected chi connectivity index (χ4v) is 1.71. The molecule has 0 unspecified atom stereocenters. The number of benzene rings is 1. The molecule has 1 aliphatic rings. The van der Waals surface area contributed by atoms with E-state index in [1.807, 2.05) is 24.3 Å². The van der Waals surface area contributed by atoms with E-state index in [-0.39, 0.29) is 0 Å². The third-order valence-electron chi connectivity index (χ3n) is 2.40. The Kier molecular flexibility index (Phi) is 2.18. The summed E-state index contributed by atoms with van der Waals surface area (Å²) in [5, 5.41) is 23.8. The van der Waals surface area contributed by atoms with Gasteiger partial charge in [0.15, 0.2) is 0 Å². The van der Waals surface area contributed by atoms with Gasteiger partial charge in [0, 0.05) is 5.56 Å². The molecule has 0 saturated carbocycles. The van der Waals surface area contributed by atoms with Gasteiger partial charge in [-0.05, 0) is 18.4 Å². The summed E-state index contributed by atoms with van der Waals surface area (Å²) >= 11 is 0. The molecule has 0 spiro atoms. The minimum Gasteiger partial charge on any atom is -0.411 e. The Morgan fingerprint density at radius 3 is 2.50 bits per heavy atom. The smallest absolute Gasteiger partial charge is 0.134 e. The minimum atomic E-state index is 0.370. The Hall–Kier alpha value is -1.84. The maximum atomic E-state index is 8.84. The Morgan fingerprint density at radius 2 is 1.79 bits per heavy atom. The van der Waals surface area contributed by atoms with Crippen LogP contribution in [0.3, 0.4) is 0 Å². The number of hydrogen-bond acceptors (Lipinski definition) is 4. The SMILES string of the molecule is O/N=C1\C(=N\O)CCc2ccccc21. The zero-order valence-electron chi connectivity index (χ0n) is 7.51. The van der Waals surface area contributed by atoms with Gasteiger partial charge in [-0.15, -0.1) is 0 Å². The zero-order chi connectivity index (χ0) is 9.97. The summed E-state index contributed by atoms with van der Waals surface area (Å²) in [7, 11) is 0. The van der Waals surface area contributed by atoms with Crippen LogP contribution in [0.4, 0.5) is 0 Å². The second-order valence-electron chi connectivity index (χ2n) is 3.15. The average Bonchev–Trinajstić information content (AvgIpc) is 2.27. The molecular weight excluding hydrogens is 180 g/mol. The van der Waals surface area contributed by atoms with Crippen molar-refractivity contribution >= 4 is 11.4 Å². The van der Waals surface area contributed by atoms with Crippen molar-refractivity contribution in [2.75, 3.05) is 0 Å². The van der Waals surface area contributed by atoms with E-state index >= 15 is 0 Å². The average molecular weight is 190 g/mol. The zero-order valence-corrected chi connectivity index (χ0v) is 7.51. The highest BCUT2D eigenvalue weighted by Gasteiger charge is 2.21. The molecule has 14 heavy (non-hydrogen) atoms. The van der Waals surface area contributed by atoms with E-state index in [9.17, 15) is 0 Å². The van der Waals surface area contributed by atoms with Crippen LogP contribution in [0.2, 0.25) is 0 Å². The Balaban J connectivity index is 2.56. The van der Waals surface area contributed by atoms with Crippen molar-refractivity contribution in [3.05, 3.63) is 35.4 Å². The molecule has 2 rings (SSSR count). The van der Waals surface area contributed by atoms with Crippen LogP contribution in [0.25, 0.3) is 0 Å². The minimum absolute atomic E-state index is 0.370. The predicted molar refractivity (Wildman–Crippen MR) is 52.3 cm³/mol. The molecule has 0 atom stereocenters. The lowest BCUT2D eigenvalue weighted by molar-refractivity contribution is 0.313. The molecule has 0 aromatic heterocycles. The summed E-state index contributed by atoms with van der Waals surface area (Å²) in [6.07, 6.45) is 1.42. The first-order valence-corrected chi connectivity index (χ1v) is 4.38. The quantitative estimate of drug-likeness (QED) is 0.482. The summed E-state index contributed by atoms with van der Waals surface area (Å²) in [6.45, 7) is 0. The van der Waals surface area contributed by atoms with E-state index < -0.39 is 0 Å². The summed E-state index contributed by atoms with van der Waals surface area (Å²) in [5.41, 5.74) is 2.77. The molecule has 0 amide bonds. The molecule has 4 nitrogen and oxygen atoms in total. The number of hydrogen-bond donors (Lipinski definition) is 2. The van der Waals surface area contributed by atoms with Gasteiger partial charge < -0.3 is 10.4 Å². The summed E-state index contributed by atoms with van der Waals surface area (Å²) < 4.78 is 0. The molecular formula is C10H10N2O2. The first-order chi connectivity index (χ1) is 6.86. The van der Waals surface area contributed by atoms with Crippen molar-refractivity contribution in [3.63, 3.8) is 0 Å². The molecule has 0 radical (unpaired) electrons. The molecule has 0 fully saturated rings. The maximum absolute atomic E-state index is 8.84. The Labute approximate surface area is 81.2 Å². The van der Waals surface area contributed by atoms with Gasteiger partial charge in [-0.2, -0.15) is 0 Å². The standard InChI is InChI=1S/C10H10N2O2/c13-11-9-6-5-7-3-1-2-4-8(7)10(9)12-14/h1-4,13-14H,5-6H2/b11-9+,12-10-. The molecule has 0 bridgehead atoms. The first-order valence-electron chi connectivity index (χ1n) is 4.38. The van der Waals surface area contributed by atoms with Crippen molar-refractivity contribution in [1.29, 1.82) is 0 Å². The maximum Gasteiger partial charge on any atom is 0.134 e. The van der Waals surface area contributed by atoms with E-state index in [0.29, 0.717) is 17.8 Å². The van der Waals surface area contributed by atoms with E-state index in [0.717, 1.165) is 17.5 Å². The fourth-order valence-electron chi connectivity index (χ4n) is 1.71. The first kappa shape index (κ1) is 8.74. The molecule has 0 heterocycles. The summed E-state index contributed by atoms with van der Waals surface area (Å²) in [4.78, 5) is 0. The van der Waals surface area contributed by atoms with Crippen molar-refractivity contribution in [1.82, 2.24) is 0 Å². The third kappa shape index (κ3) is 1.25. The van der Waals surface area contributed by atoms with Gasteiger partial charge in [0.2, 0.25) is 0 Å². The molecule has 1 aromatic rings. The number of aryl methyl sites for hydroxylation is 1. The van der Waals surface area contributed by atoms with Crippen LogP contribution in [0.1, 0.15) is 17.5 Å². The molecule has 1 aromatic carbocycles. The van der Waals surface area contributed by atoms with Crippen LogP contribution >= 0.6 is 0 Å². The summed E-state index contributed by atoms with van der Waals surface area (Å²) in [6, 6.07) is 7.64. The lowest BCUT2D eigenvalue weighted by atomic mass is 9.89. The van der Waals surface area contributed by atoms with E-state index in [4.69, 9.17) is 10.4 Å². The van der Waals surface area contributed by atoms with Gasteiger partial charge in [-0.25, -0.2) is 0 Å². The second kappa shape index (κ2) is 3.49. The molecule has 0 aliphatic heterocycles. The van der Waals surface area contributed by atoms with Gasteiger partial charge in [-0.3, -0.25) is 0 Å². The van der Waals surface area contributed by atoms with Crippen molar-refractivity contribution < 1.29 is 10.4 Å². The van der Waals surface area contributed by atoms with E-state index in [2.05, 4.69) is 10.3 Å². The lowest BCUT2D eigenvalue weighted by Gasteiger charge is -2.16. The van der Waals surface area contributed by atoms with E-state index in [1.54, 1.807) is 0 Å². The lowest BCUT2D eigenvalue weighted by Crippen LogP contribution is -2.23. The fraction of sp³-hybridized carbons (Fsp3) is 0.200. The van der Waals surface area contributed by atoms with Gasteiger partial charge in [-0.1, -0.05) is 34.6 Å².